The fraction of sp³-hybridized carbons (Fsp3) is 0.562. The van der Waals surface area contributed by atoms with Gasteiger partial charge in [-0.25, -0.2) is 4.79 Å². The summed E-state index contributed by atoms with van der Waals surface area (Å²) in [6.07, 6.45) is 1.33. The maximum absolute atomic E-state index is 13.0. The van der Waals surface area contributed by atoms with Gasteiger partial charge in [-0.15, -0.1) is 0 Å². The second-order valence-corrected chi connectivity index (χ2v) is 5.87. The number of aromatic nitrogens is 1. The molecule has 2 aliphatic heterocycles. The Bertz CT molecular complexity index is 681. The van der Waals surface area contributed by atoms with Crippen molar-refractivity contribution in [1.29, 1.82) is 0 Å². The van der Waals surface area contributed by atoms with E-state index >= 15 is 0 Å². The topological polar surface area (TPSA) is 104 Å². The van der Waals surface area contributed by atoms with Gasteiger partial charge < -0.3 is 24.7 Å². The normalized spacial score (nSPS) is 19.9. The summed E-state index contributed by atoms with van der Waals surface area (Å²) in [4.78, 5) is 38.2. The maximum Gasteiger partial charge on any atom is 0.328 e. The molecule has 1 saturated heterocycles. The molecular formula is C16H21N3O5. The van der Waals surface area contributed by atoms with Crippen LogP contribution in [0.4, 0.5) is 0 Å². The fourth-order valence-corrected chi connectivity index (χ4v) is 3.36. The van der Waals surface area contributed by atoms with Gasteiger partial charge in [-0.2, -0.15) is 0 Å². The number of amides is 2. The van der Waals surface area contributed by atoms with Gasteiger partial charge in [-0.05, 0) is 25.8 Å². The monoisotopic (exact) mass is 335 g/mol. The van der Waals surface area contributed by atoms with E-state index in [0.717, 1.165) is 6.42 Å². The third-order valence-corrected chi connectivity index (χ3v) is 4.46. The van der Waals surface area contributed by atoms with Crippen LogP contribution in [0.1, 0.15) is 46.3 Å². The quantitative estimate of drug-likeness (QED) is 0.796. The molecular weight excluding hydrogens is 314 g/mol. The SMILES string of the molecule is CCOC(=O)C1CCCN1C(=O)c1cc(C(N)=O)c2n1CCOC2. The summed E-state index contributed by atoms with van der Waals surface area (Å²) in [5, 5.41) is 0. The average molecular weight is 335 g/mol. The van der Waals surface area contributed by atoms with Crippen molar-refractivity contribution in [3.8, 4) is 0 Å². The second kappa shape index (κ2) is 6.64. The van der Waals surface area contributed by atoms with Crippen molar-refractivity contribution in [2.75, 3.05) is 19.8 Å². The van der Waals surface area contributed by atoms with Crippen LogP contribution in [-0.4, -0.2) is 53.1 Å². The zero-order valence-electron chi connectivity index (χ0n) is 13.6. The molecule has 8 nitrogen and oxygen atoms in total. The van der Waals surface area contributed by atoms with Crippen molar-refractivity contribution in [3.63, 3.8) is 0 Å². The number of rotatable bonds is 4. The molecule has 0 bridgehead atoms. The van der Waals surface area contributed by atoms with Gasteiger partial charge in [0.1, 0.15) is 11.7 Å². The van der Waals surface area contributed by atoms with Gasteiger partial charge in [0.25, 0.3) is 11.8 Å². The number of likely N-dealkylation sites (tertiary alicyclic amines) is 1. The number of nitrogens with zero attached hydrogens (tertiary/aromatic N) is 2. The van der Waals surface area contributed by atoms with E-state index in [2.05, 4.69) is 0 Å². The van der Waals surface area contributed by atoms with Crippen molar-refractivity contribution < 1.29 is 23.9 Å². The van der Waals surface area contributed by atoms with Crippen LogP contribution in [0.3, 0.4) is 0 Å². The predicted octanol–water partition coefficient (Wildman–Crippen LogP) is 0.285. The van der Waals surface area contributed by atoms with Crippen LogP contribution in [0, 0.1) is 0 Å². The minimum absolute atomic E-state index is 0.243. The molecule has 0 aliphatic carbocycles. The highest BCUT2D eigenvalue weighted by atomic mass is 16.5. The van der Waals surface area contributed by atoms with Gasteiger partial charge in [0.05, 0.1) is 31.1 Å². The molecule has 0 spiro atoms. The Hall–Kier alpha value is -2.35. The lowest BCUT2D eigenvalue weighted by Crippen LogP contribution is -2.42. The van der Waals surface area contributed by atoms with E-state index in [4.69, 9.17) is 15.2 Å². The molecule has 3 heterocycles. The Morgan fingerprint density at radius 1 is 1.38 bits per heavy atom. The summed E-state index contributed by atoms with van der Waals surface area (Å²) < 4.78 is 12.2. The third kappa shape index (κ3) is 2.77. The standard InChI is InChI=1S/C16H21N3O5/c1-2-24-16(22)11-4-3-5-19(11)15(21)12-8-10(14(17)20)13-9-23-7-6-18(12)13/h8,11H,2-7,9H2,1H3,(H2,17,20). The Morgan fingerprint density at radius 2 is 2.17 bits per heavy atom. The summed E-state index contributed by atoms with van der Waals surface area (Å²) in [6, 6.07) is 0.940. The molecule has 1 unspecified atom stereocenters. The van der Waals surface area contributed by atoms with E-state index in [1.54, 1.807) is 11.5 Å². The molecule has 1 aromatic heterocycles. The first kappa shape index (κ1) is 16.5. The first-order valence-electron chi connectivity index (χ1n) is 8.12. The first-order chi connectivity index (χ1) is 11.5. The summed E-state index contributed by atoms with van der Waals surface area (Å²) >= 11 is 0. The van der Waals surface area contributed by atoms with Gasteiger partial charge in [0.15, 0.2) is 0 Å². The van der Waals surface area contributed by atoms with Crippen molar-refractivity contribution in [2.45, 2.75) is 39.0 Å². The highest BCUT2D eigenvalue weighted by Gasteiger charge is 2.37. The van der Waals surface area contributed by atoms with Crippen LogP contribution in [0.2, 0.25) is 0 Å². The van der Waals surface area contributed by atoms with Crippen LogP contribution < -0.4 is 5.73 Å². The largest absolute Gasteiger partial charge is 0.464 e. The van der Waals surface area contributed by atoms with E-state index in [-0.39, 0.29) is 25.1 Å². The molecule has 2 aliphatic rings. The lowest BCUT2D eigenvalue weighted by atomic mass is 10.2. The molecule has 3 rings (SSSR count). The van der Waals surface area contributed by atoms with Crippen LogP contribution in [0.25, 0.3) is 0 Å². The van der Waals surface area contributed by atoms with Crippen LogP contribution in [0.15, 0.2) is 6.07 Å². The lowest BCUT2D eigenvalue weighted by Gasteiger charge is -2.25. The van der Waals surface area contributed by atoms with E-state index in [1.165, 1.54) is 11.0 Å². The number of primary amides is 1. The van der Waals surface area contributed by atoms with Gasteiger partial charge >= 0.3 is 5.97 Å². The molecule has 1 aromatic rings. The molecule has 24 heavy (non-hydrogen) atoms. The Morgan fingerprint density at radius 3 is 2.88 bits per heavy atom. The number of hydrogen-bond acceptors (Lipinski definition) is 5. The molecule has 2 amide bonds. The van der Waals surface area contributed by atoms with Crippen molar-refractivity contribution >= 4 is 17.8 Å². The van der Waals surface area contributed by atoms with Crippen molar-refractivity contribution in [2.24, 2.45) is 5.73 Å². The number of nitrogens with two attached hydrogens (primary N) is 1. The number of fused-ring (bicyclic) bond motifs is 1. The summed E-state index contributed by atoms with van der Waals surface area (Å²) in [5.74, 6) is -1.25. The second-order valence-electron chi connectivity index (χ2n) is 5.87. The van der Waals surface area contributed by atoms with E-state index in [1.807, 2.05) is 0 Å². The third-order valence-electron chi connectivity index (χ3n) is 4.46. The first-order valence-corrected chi connectivity index (χ1v) is 8.12. The molecule has 0 aromatic carbocycles. The van der Waals surface area contributed by atoms with E-state index in [0.29, 0.717) is 43.1 Å². The molecule has 0 radical (unpaired) electrons. The molecule has 8 heteroatoms. The maximum atomic E-state index is 13.0. The molecule has 1 atom stereocenters. The Labute approximate surface area is 139 Å². The van der Waals surface area contributed by atoms with Gasteiger partial charge in [0, 0.05) is 13.1 Å². The zero-order chi connectivity index (χ0) is 17.3. The number of carbonyl (C=O) groups is 3. The minimum Gasteiger partial charge on any atom is -0.464 e. The number of esters is 1. The van der Waals surface area contributed by atoms with Gasteiger partial charge in [-0.3, -0.25) is 9.59 Å². The van der Waals surface area contributed by atoms with Crippen molar-refractivity contribution in [1.82, 2.24) is 9.47 Å². The highest BCUT2D eigenvalue weighted by molar-refractivity contribution is 6.01. The van der Waals surface area contributed by atoms with Gasteiger partial charge in [-0.1, -0.05) is 0 Å². The van der Waals surface area contributed by atoms with Gasteiger partial charge in [0.2, 0.25) is 0 Å². The summed E-state index contributed by atoms with van der Waals surface area (Å²) in [5.41, 5.74) is 6.70. The highest BCUT2D eigenvalue weighted by Crippen LogP contribution is 2.26. The van der Waals surface area contributed by atoms with Crippen LogP contribution in [-0.2, 0) is 27.4 Å². The minimum atomic E-state index is -0.591. The number of ether oxygens (including phenoxy) is 2. The smallest absolute Gasteiger partial charge is 0.328 e. The lowest BCUT2D eigenvalue weighted by molar-refractivity contribution is -0.147. The van der Waals surface area contributed by atoms with Crippen molar-refractivity contribution in [3.05, 3.63) is 23.0 Å². The van der Waals surface area contributed by atoms with E-state index in [9.17, 15) is 14.4 Å². The number of hydrogen-bond donors (Lipinski definition) is 1. The average Bonchev–Trinajstić information content (AvgIpc) is 3.19. The molecule has 1 fully saturated rings. The Balaban J connectivity index is 1.92. The van der Waals surface area contributed by atoms with Crippen LogP contribution >= 0.6 is 0 Å². The predicted molar refractivity (Wildman–Crippen MR) is 83.3 cm³/mol. The molecule has 2 N–H and O–H groups in total. The molecule has 0 saturated carbocycles. The number of carbonyl (C=O) groups excluding carboxylic acids is 3. The fourth-order valence-electron chi connectivity index (χ4n) is 3.36. The Kier molecular flexibility index (Phi) is 4.57. The summed E-state index contributed by atoms with van der Waals surface area (Å²) in [6.45, 7) is 3.68. The van der Waals surface area contributed by atoms with E-state index < -0.39 is 11.9 Å². The zero-order valence-corrected chi connectivity index (χ0v) is 13.6. The summed E-state index contributed by atoms with van der Waals surface area (Å²) in [7, 11) is 0. The molecule has 130 valence electrons. The van der Waals surface area contributed by atoms with Crippen LogP contribution in [0.5, 0.6) is 0 Å².